The summed E-state index contributed by atoms with van der Waals surface area (Å²) in [6, 6.07) is 0. The van der Waals surface area contributed by atoms with Crippen molar-refractivity contribution < 1.29 is 18.5 Å². The third-order valence-electron chi connectivity index (χ3n) is 21.3. The number of ether oxygens (including phenoxy) is 1. The van der Waals surface area contributed by atoms with Gasteiger partial charge in [-0.3, -0.25) is 4.79 Å². The number of unbranched alkanes of at least 4 members (excludes halogenated alkanes) is 59. The molecule has 6 nitrogen and oxygen atoms in total. The second-order valence-corrected chi connectivity index (χ2v) is 31.2. The summed E-state index contributed by atoms with van der Waals surface area (Å²) in [4.78, 5) is 18.5. The molecule has 0 aliphatic rings. The predicted molar refractivity (Wildman–Crippen MR) is 406 cm³/mol. The quantitative estimate of drug-likeness (QED) is 0.0345. The Bertz CT molecular complexity index is 1380. The van der Waals surface area contributed by atoms with Crippen molar-refractivity contribution in [1.82, 2.24) is 9.80 Å². The van der Waals surface area contributed by atoms with Crippen molar-refractivity contribution in [3.05, 3.63) is 0 Å². The lowest BCUT2D eigenvalue weighted by molar-refractivity contribution is -0.932. The van der Waals surface area contributed by atoms with E-state index in [0.717, 1.165) is 48.2 Å². The molecule has 0 heterocycles. The molecular formula is C84H174N4O2+2. The minimum atomic E-state index is -0.0891. The highest BCUT2D eigenvalue weighted by Gasteiger charge is 2.35. The first kappa shape index (κ1) is 89.3. The number of rotatable bonds is 78. The van der Waals surface area contributed by atoms with Crippen LogP contribution in [0.15, 0.2) is 0 Å². The van der Waals surface area contributed by atoms with Crippen molar-refractivity contribution in [3.63, 3.8) is 0 Å². The van der Waals surface area contributed by atoms with Crippen molar-refractivity contribution >= 4 is 5.97 Å². The average molecular weight is 1270 g/mol. The monoisotopic (exact) mass is 1270 g/mol. The van der Waals surface area contributed by atoms with Crippen LogP contribution in [0.3, 0.4) is 0 Å². The number of likely N-dealkylation sites (N-methyl/N-ethyl adjacent to an activating group) is 4. The van der Waals surface area contributed by atoms with E-state index in [-0.39, 0.29) is 12.1 Å². The summed E-state index contributed by atoms with van der Waals surface area (Å²) in [5.74, 6) is -0.0891. The molecule has 3 atom stereocenters. The highest BCUT2D eigenvalue weighted by atomic mass is 16.5. The minimum absolute atomic E-state index is 0.0638. The zero-order valence-electron chi connectivity index (χ0n) is 64.3. The third kappa shape index (κ3) is 67.3. The third-order valence-corrected chi connectivity index (χ3v) is 21.3. The fourth-order valence-electron chi connectivity index (χ4n) is 14.8. The second-order valence-electron chi connectivity index (χ2n) is 31.2. The lowest BCUT2D eigenvalue weighted by Crippen LogP contribution is -2.59. The van der Waals surface area contributed by atoms with Gasteiger partial charge in [0.2, 0.25) is 0 Å². The fraction of sp³-hybridized carbons (Fsp3) is 0.988. The SMILES string of the molecule is CCCCCCCCCCCCCCCCCCN(C)CC[N+](C)(CCCCCCCCCCCCCCCCCC)CC(C[N+](C)(CCCCCCCCCCCCCCCCCC)CCN(C)CCCCCCCCCCCCCCCCC)OC(C)=O. The zero-order chi connectivity index (χ0) is 65.6. The number of esters is 1. The molecule has 540 valence electrons. The Hall–Kier alpha value is -0.690. The first-order chi connectivity index (χ1) is 44.0. The van der Waals surface area contributed by atoms with E-state index in [1.807, 2.05) is 0 Å². The molecule has 0 saturated heterocycles. The molecule has 0 N–H and O–H groups in total. The standard InChI is InChI=1S/C84H174N4O2/c1-10-14-18-22-26-30-34-38-42-46-50-54-58-62-66-70-74-86(7)76-80-88(9,78-72-68-64-60-56-52-48-44-40-36-32-28-24-20-16-12-3)82-84(90-83(5)89)81-87(8,77-71-67-63-59-55-51-47-43-39-35-31-27-23-19-15-11-2)79-75-85(6)73-69-65-61-57-53-49-45-41-37-33-29-25-21-17-13-4/h84H,10-82H2,1-9H3/q+2. The van der Waals surface area contributed by atoms with Crippen LogP contribution in [0.2, 0.25) is 0 Å². The Morgan fingerprint density at radius 2 is 0.422 bits per heavy atom. The maximum atomic E-state index is 13.2. The van der Waals surface area contributed by atoms with Gasteiger partial charge in [0.25, 0.3) is 0 Å². The molecule has 0 aliphatic carbocycles. The molecule has 0 amide bonds. The second kappa shape index (κ2) is 71.1. The molecular weight excluding hydrogens is 1100 g/mol. The molecule has 0 aromatic carbocycles. The topological polar surface area (TPSA) is 32.8 Å². The summed E-state index contributed by atoms with van der Waals surface area (Å²) in [5, 5.41) is 0. The Morgan fingerprint density at radius 3 is 0.600 bits per heavy atom. The molecule has 0 bridgehead atoms. The molecule has 0 rings (SSSR count). The minimum Gasteiger partial charge on any atom is -0.450 e. The normalized spacial score (nSPS) is 13.7. The van der Waals surface area contributed by atoms with Crippen LogP contribution >= 0.6 is 0 Å². The van der Waals surface area contributed by atoms with Crippen LogP contribution in [0.4, 0.5) is 0 Å². The maximum Gasteiger partial charge on any atom is 0.303 e. The number of hydrogen-bond acceptors (Lipinski definition) is 4. The van der Waals surface area contributed by atoms with Gasteiger partial charge < -0.3 is 23.5 Å². The van der Waals surface area contributed by atoms with Crippen molar-refractivity contribution in [2.45, 2.75) is 445 Å². The summed E-state index contributed by atoms with van der Waals surface area (Å²) in [7, 11) is 9.84. The number of carbonyl (C=O) groups excluding carboxylic acids is 1. The zero-order valence-corrected chi connectivity index (χ0v) is 64.3. The van der Waals surface area contributed by atoms with Crippen LogP contribution in [0.1, 0.15) is 439 Å². The van der Waals surface area contributed by atoms with E-state index in [2.05, 4.69) is 65.7 Å². The smallest absolute Gasteiger partial charge is 0.303 e. The van der Waals surface area contributed by atoms with Crippen LogP contribution in [-0.4, -0.2) is 124 Å². The lowest BCUT2D eigenvalue weighted by Gasteiger charge is -2.42. The maximum absolute atomic E-state index is 13.2. The van der Waals surface area contributed by atoms with Crippen molar-refractivity contribution in [2.75, 3.05) is 93.6 Å². The lowest BCUT2D eigenvalue weighted by atomic mass is 10.0. The summed E-state index contributed by atoms with van der Waals surface area (Å²) in [6.45, 7) is 22.1. The number of quaternary nitrogens is 2. The van der Waals surface area contributed by atoms with E-state index in [0.29, 0.717) is 0 Å². The first-order valence-corrected chi connectivity index (χ1v) is 42.2. The van der Waals surface area contributed by atoms with Gasteiger partial charge in [-0.25, -0.2) is 0 Å². The van der Waals surface area contributed by atoms with E-state index in [1.165, 1.54) is 431 Å². The Labute approximate surface area is 570 Å². The van der Waals surface area contributed by atoms with Gasteiger partial charge >= 0.3 is 5.97 Å². The summed E-state index contributed by atoms with van der Waals surface area (Å²) < 4.78 is 8.57. The number of nitrogens with zero attached hydrogens (tertiary/aromatic N) is 4. The van der Waals surface area contributed by atoms with Gasteiger partial charge in [-0.1, -0.05) is 394 Å². The Kier molecular flexibility index (Phi) is 70.5. The van der Waals surface area contributed by atoms with Crippen LogP contribution < -0.4 is 0 Å². The molecule has 3 unspecified atom stereocenters. The van der Waals surface area contributed by atoms with E-state index in [1.54, 1.807) is 6.92 Å². The molecule has 0 aliphatic heterocycles. The first-order valence-electron chi connectivity index (χ1n) is 42.2. The van der Waals surface area contributed by atoms with E-state index in [4.69, 9.17) is 4.74 Å². The van der Waals surface area contributed by atoms with Crippen LogP contribution in [0, 0.1) is 0 Å². The molecule has 90 heavy (non-hydrogen) atoms. The summed E-state index contributed by atoms with van der Waals surface area (Å²) in [6.07, 6.45) is 89.1. The van der Waals surface area contributed by atoms with Crippen LogP contribution in [-0.2, 0) is 9.53 Å². The molecule has 0 spiro atoms. The molecule has 0 aromatic heterocycles. The van der Waals surface area contributed by atoms with Gasteiger partial charge in [0.15, 0.2) is 6.10 Å². The summed E-state index contributed by atoms with van der Waals surface area (Å²) >= 11 is 0. The van der Waals surface area contributed by atoms with Crippen molar-refractivity contribution in [1.29, 1.82) is 0 Å². The molecule has 0 fully saturated rings. The molecule has 6 heteroatoms. The van der Waals surface area contributed by atoms with Gasteiger partial charge in [0, 0.05) is 20.0 Å². The largest absolute Gasteiger partial charge is 0.450 e. The van der Waals surface area contributed by atoms with Gasteiger partial charge in [-0.05, 0) is 65.7 Å². The van der Waals surface area contributed by atoms with Gasteiger partial charge in [-0.2, -0.15) is 0 Å². The number of hydrogen-bond donors (Lipinski definition) is 0. The van der Waals surface area contributed by atoms with E-state index < -0.39 is 0 Å². The van der Waals surface area contributed by atoms with Crippen LogP contribution in [0.5, 0.6) is 0 Å². The molecule has 0 radical (unpaired) electrons. The van der Waals surface area contributed by atoms with Crippen molar-refractivity contribution in [3.8, 4) is 0 Å². The highest BCUT2D eigenvalue weighted by molar-refractivity contribution is 5.66. The predicted octanol–water partition coefficient (Wildman–Crippen LogP) is 26.3. The van der Waals surface area contributed by atoms with Gasteiger partial charge in [0.1, 0.15) is 13.1 Å². The van der Waals surface area contributed by atoms with Gasteiger partial charge in [0.05, 0.1) is 40.3 Å². The average Bonchev–Trinajstić information content (AvgIpc) is 3.15. The Morgan fingerprint density at radius 1 is 0.256 bits per heavy atom. The van der Waals surface area contributed by atoms with E-state index in [9.17, 15) is 4.79 Å². The Balaban J connectivity index is 5.60. The van der Waals surface area contributed by atoms with E-state index >= 15 is 0 Å². The highest BCUT2D eigenvalue weighted by Crippen LogP contribution is 2.22. The molecule has 0 aromatic rings. The van der Waals surface area contributed by atoms with Crippen molar-refractivity contribution in [2.24, 2.45) is 0 Å². The van der Waals surface area contributed by atoms with Crippen LogP contribution in [0.25, 0.3) is 0 Å². The fourth-order valence-corrected chi connectivity index (χ4v) is 14.8. The van der Waals surface area contributed by atoms with Gasteiger partial charge in [-0.15, -0.1) is 0 Å². The summed E-state index contributed by atoms with van der Waals surface area (Å²) in [5.41, 5.74) is 0. The molecule has 0 saturated carbocycles. The number of carbonyl (C=O) groups is 1.